The van der Waals surface area contributed by atoms with Crippen molar-refractivity contribution >= 4 is 22.9 Å². The van der Waals surface area contributed by atoms with E-state index in [1.54, 1.807) is 20.8 Å². The molecule has 22 heavy (non-hydrogen) atoms. The number of carbonyl (C=O) groups excluding carboxylic acids is 2. The number of hydrogen-bond donors (Lipinski definition) is 0. The van der Waals surface area contributed by atoms with Crippen molar-refractivity contribution in [3.8, 4) is 0 Å². The number of ether oxygens (including phenoxy) is 1. The number of para-hydroxylation sites is 1. The van der Waals surface area contributed by atoms with Crippen LogP contribution in [0.2, 0.25) is 0 Å². The quantitative estimate of drug-likeness (QED) is 0.856. The minimum atomic E-state index is -0.627. The van der Waals surface area contributed by atoms with Gasteiger partial charge in [-0.3, -0.25) is 9.69 Å². The molecular weight excluding hydrogens is 280 g/mol. The van der Waals surface area contributed by atoms with Crippen LogP contribution in [0.4, 0.5) is 4.79 Å². The molecule has 1 heterocycles. The second-order valence-electron chi connectivity index (χ2n) is 6.39. The predicted molar refractivity (Wildman–Crippen MR) is 85.6 cm³/mol. The van der Waals surface area contributed by atoms with Gasteiger partial charge in [-0.1, -0.05) is 18.2 Å². The van der Waals surface area contributed by atoms with E-state index >= 15 is 0 Å². The molecule has 2 aromatic rings. The first kappa shape index (κ1) is 16.1. The highest BCUT2D eigenvalue weighted by molar-refractivity contribution is 5.95. The van der Waals surface area contributed by atoms with Gasteiger partial charge in [0, 0.05) is 31.2 Å². The Kier molecular flexibility index (Phi) is 4.26. The van der Waals surface area contributed by atoms with Crippen LogP contribution in [0.5, 0.6) is 0 Å². The summed E-state index contributed by atoms with van der Waals surface area (Å²) in [5.74, 6) is -0.286. The normalized spacial score (nSPS) is 11.5. The molecule has 0 radical (unpaired) electrons. The number of aromatic nitrogens is 1. The van der Waals surface area contributed by atoms with Gasteiger partial charge in [0.25, 0.3) is 0 Å². The van der Waals surface area contributed by atoms with Crippen LogP contribution < -0.4 is 0 Å². The minimum absolute atomic E-state index is 0.164. The molecule has 0 saturated carbocycles. The van der Waals surface area contributed by atoms with E-state index in [1.165, 1.54) is 7.05 Å². The maximum atomic E-state index is 12.3. The van der Waals surface area contributed by atoms with Crippen molar-refractivity contribution in [3.63, 3.8) is 0 Å². The molecule has 0 aliphatic rings. The largest absolute Gasteiger partial charge is 0.443 e. The zero-order chi connectivity index (χ0) is 16.5. The Morgan fingerprint density at radius 1 is 1.23 bits per heavy atom. The Morgan fingerprint density at radius 2 is 1.86 bits per heavy atom. The van der Waals surface area contributed by atoms with E-state index < -0.39 is 11.7 Å². The molecular formula is C17H22N2O3. The average Bonchev–Trinajstić information content (AvgIpc) is 2.73. The lowest BCUT2D eigenvalue weighted by Crippen LogP contribution is -2.38. The number of likely N-dealkylation sites (N-methyl/N-ethyl adjacent to an activating group) is 1. The van der Waals surface area contributed by atoms with Crippen LogP contribution in [-0.4, -0.2) is 34.1 Å². The maximum Gasteiger partial charge on any atom is 0.416 e. The van der Waals surface area contributed by atoms with E-state index in [-0.39, 0.29) is 12.3 Å². The standard InChI is InChI=1S/C17H22N2O3/c1-17(2,3)22-16(21)19(5)15(20)10-12-11-18(4)14-9-7-6-8-13(12)14/h6-9,11H,10H2,1-5H3. The molecule has 1 aromatic carbocycles. The van der Waals surface area contributed by atoms with Crippen LogP contribution in [0.1, 0.15) is 26.3 Å². The molecule has 0 spiro atoms. The van der Waals surface area contributed by atoms with Crippen molar-refractivity contribution in [2.24, 2.45) is 7.05 Å². The molecule has 2 rings (SSSR count). The fourth-order valence-electron chi connectivity index (χ4n) is 2.28. The summed E-state index contributed by atoms with van der Waals surface area (Å²) in [7, 11) is 3.38. The molecule has 2 amide bonds. The van der Waals surface area contributed by atoms with Gasteiger partial charge in [-0.05, 0) is 32.4 Å². The van der Waals surface area contributed by atoms with E-state index in [1.807, 2.05) is 42.1 Å². The van der Waals surface area contributed by atoms with Crippen molar-refractivity contribution in [1.82, 2.24) is 9.47 Å². The number of hydrogen-bond acceptors (Lipinski definition) is 3. The molecule has 0 unspecified atom stereocenters. The summed E-state index contributed by atoms with van der Waals surface area (Å²) < 4.78 is 7.19. The van der Waals surface area contributed by atoms with Crippen molar-refractivity contribution in [2.75, 3.05) is 7.05 Å². The van der Waals surface area contributed by atoms with Crippen molar-refractivity contribution in [3.05, 3.63) is 36.0 Å². The molecule has 0 saturated heterocycles. The van der Waals surface area contributed by atoms with Gasteiger partial charge in [-0.15, -0.1) is 0 Å². The summed E-state index contributed by atoms with van der Waals surface area (Å²) in [6.45, 7) is 5.32. The Hall–Kier alpha value is -2.30. The number of benzene rings is 1. The third-order valence-electron chi connectivity index (χ3n) is 3.36. The fraction of sp³-hybridized carbons (Fsp3) is 0.412. The highest BCUT2D eigenvalue weighted by Gasteiger charge is 2.24. The summed E-state index contributed by atoms with van der Waals surface area (Å²) in [4.78, 5) is 25.3. The van der Waals surface area contributed by atoms with E-state index in [9.17, 15) is 9.59 Å². The average molecular weight is 302 g/mol. The predicted octanol–water partition coefficient (Wildman–Crippen LogP) is 3.11. The van der Waals surface area contributed by atoms with Gasteiger partial charge in [0.1, 0.15) is 5.60 Å². The SMILES string of the molecule is CN(C(=O)Cc1cn(C)c2ccccc12)C(=O)OC(C)(C)C. The Labute approximate surface area is 130 Å². The second kappa shape index (κ2) is 5.83. The molecule has 5 heteroatoms. The number of fused-ring (bicyclic) bond motifs is 1. The molecule has 5 nitrogen and oxygen atoms in total. The monoisotopic (exact) mass is 302 g/mol. The molecule has 0 atom stereocenters. The molecule has 0 N–H and O–H groups in total. The fourth-order valence-corrected chi connectivity index (χ4v) is 2.28. The van der Waals surface area contributed by atoms with Crippen LogP contribution in [-0.2, 0) is 23.0 Å². The maximum absolute atomic E-state index is 12.3. The summed E-state index contributed by atoms with van der Waals surface area (Å²) in [5, 5.41) is 1.02. The summed E-state index contributed by atoms with van der Waals surface area (Å²) in [6, 6.07) is 7.88. The van der Waals surface area contributed by atoms with Crippen LogP contribution in [0, 0.1) is 0 Å². The van der Waals surface area contributed by atoms with Crippen molar-refractivity contribution in [2.45, 2.75) is 32.8 Å². The number of carbonyl (C=O) groups is 2. The molecule has 0 aliphatic heterocycles. The van der Waals surface area contributed by atoms with Crippen molar-refractivity contribution < 1.29 is 14.3 Å². The smallest absolute Gasteiger partial charge is 0.416 e. The number of imide groups is 1. The van der Waals surface area contributed by atoms with E-state index in [0.717, 1.165) is 21.4 Å². The van der Waals surface area contributed by atoms with Gasteiger partial charge < -0.3 is 9.30 Å². The molecule has 1 aromatic heterocycles. The summed E-state index contributed by atoms with van der Waals surface area (Å²) in [5.41, 5.74) is 1.34. The first-order valence-electron chi connectivity index (χ1n) is 7.21. The van der Waals surface area contributed by atoms with Crippen LogP contribution in [0.15, 0.2) is 30.5 Å². The molecule has 0 aliphatic carbocycles. The van der Waals surface area contributed by atoms with Crippen LogP contribution >= 0.6 is 0 Å². The van der Waals surface area contributed by atoms with E-state index in [0.29, 0.717) is 0 Å². The third-order valence-corrected chi connectivity index (χ3v) is 3.36. The number of nitrogens with zero attached hydrogens (tertiary/aromatic N) is 2. The molecule has 0 fully saturated rings. The zero-order valence-corrected chi connectivity index (χ0v) is 13.7. The molecule has 118 valence electrons. The van der Waals surface area contributed by atoms with Gasteiger partial charge in [0.15, 0.2) is 0 Å². The first-order chi connectivity index (χ1) is 10.2. The van der Waals surface area contributed by atoms with Gasteiger partial charge in [0.2, 0.25) is 5.91 Å². The Bertz CT molecular complexity index is 710. The Balaban J connectivity index is 2.15. The molecule has 0 bridgehead atoms. The van der Waals surface area contributed by atoms with Gasteiger partial charge in [-0.2, -0.15) is 0 Å². The lowest BCUT2D eigenvalue weighted by molar-refractivity contribution is -0.128. The van der Waals surface area contributed by atoms with Crippen LogP contribution in [0.25, 0.3) is 10.9 Å². The highest BCUT2D eigenvalue weighted by atomic mass is 16.6. The van der Waals surface area contributed by atoms with Gasteiger partial charge in [0.05, 0.1) is 6.42 Å². The number of rotatable bonds is 2. The van der Waals surface area contributed by atoms with Crippen molar-refractivity contribution in [1.29, 1.82) is 0 Å². The number of amides is 2. The van der Waals surface area contributed by atoms with E-state index in [2.05, 4.69) is 0 Å². The number of aryl methyl sites for hydroxylation is 1. The van der Waals surface area contributed by atoms with Gasteiger partial charge in [-0.25, -0.2) is 4.79 Å². The van der Waals surface area contributed by atoms with Crippen LogP contribution in [0.3, 0.4) is 0 Å². The first-order valence-corrected chi connectivity index (χ1v) is 7.21. The third kappa shape index (κ3) is 3.47. The summed E-state index contributed by atoms with van der Waals surface area (Å²) >= 11 is 0. The Morgan fingerprint density at radius 3 is 2.50 bits per heavy atom. The minimum Gasteiger partial charge on any atom is -0.443 e. The van der Waals surface area contributed by atoms with Gasteiger partial charge >= 0.3 is 6.09 Å². The van der Waals surface area contributed by atoms with E-state index in [4.69, 9.17) is 4.74 Å². The zero-order valence-electron chi connectivity index (χ0n) is 13.7. The lowest BCUT2D eigenvalue weighted by Gasteiger charge is -2.23. The highest BCUT2D eigenvalue weighted by Crippen LogP contribution is 2.21. The topological polar surface area (TPSA) is 51.5 Å². The second-order valence-corrected chi connectivity index (χ2v) is 6.39. The lowest BCUT2D eigenvalue weighted by atomic mass is 10.1. The summed E-state index contributed by atoms with van der Waals surface area (Å²) in [6.07, 6.45) is 1.46.